The highest BCUT2D eigenvalue weighted by Crippen LogP contribution is 2.38. The van der Waals surface area contributed by atoms with Crippen LogP contribution in [0.1, 0.15) is 36.1 Å². The van der Waals surface area contributed by atoms with E-state index in [2.05, 4.69) is 83.2 Å². The Morgan fingerprint density at radius 3 is 2.09 bits per heavy atom. The van der Waals surface area contributed by atoms with E-state index in [4.69, 9.17) is 9.73 Å². The maximum absolute atomic E-state index is 6.13. The zero-order valence-electron chi connectivity index (χ0n) is 14.5. The highest BCUT2D eigenvalue weighted by Gasteiger charge is 2.33. The van der Waals surface area contributed by atoms with Crippen molar-refractivity contribution in [2.24, 2.45) is 10.4 Å². The van der Waals surface area contributed by atoms with Gasteiger partial charge in [0.05, 0.1) is 11.1 Å². The minimum atomic E-state index is -0.213. The lowest BCUT2D eigenvalue weighted by atomic mass is 9.93. The predicted molar refractivity (Wildman–Crippen MR) is 97.0 cm³/mol. The van der Waals surface area contributed by atoms with Crippen molar-refractivity contribution in [2.75, 3.05) is 0 Å². The van der Waals surface area contributed by atoms with Crippen LogP contribution in [0.4, 0.5) is 5.69 Å². The smallest absolute Gasteiger partial charge is 0.204 e. The van der Waals surface area contributed by atoms with Crippen LogP contribution < -0.4 is 0 Å². The van der Waals surface area contributed by atoms with Gasteiger partial charge in [0.1, 0.15) is 5.76 Å². The standard InChI is InChI=1S/C21H23NO/c1-14-9-11-17(12-10-14)18-13-21(4,5)20(23-18)22-19-15(2)7-6-8-16(19)3/h6-13H,1-5H3. The molecule has 0 fully saturated rings. The Labute approximate surface area is 138 Å². The third-order valence-electron chi connectivity index (χ3n) is 4.24. The molecule has 2 aromatic carbocycles. The van der Waals surface area contributed by atoms with E-state index >= 15 is 0 Å². The van der Waals surface area contributed by atoms with Crippen molar-refractivity contribution in [1.29, 1.82) is 0 Å². The first-order chi connectivity index (χ1) is 10.9. The Kier molecular flexibility index (Phi) is 3.85. The van der Waals surface area contributed by atoms with Crippen LogP contribution in [0.15, 0.2) is 53.5 Å². The van der Waals surface area contributed by atoms with Gasteiger partial charge in [-0.15, -0.1) is 0 Å². The third-order valence-corrected chi connectivity index (χ3v) is 4.24. The molecule has 0 spiro atoms. The molecule has 0 amide bonds. The topological polar surface area (TPSA) is 21.6 Å². The minimum absolute atomic E-state index is 0.213. The minimum Gasteiger partial charge on any atom is -0.442 e. The van der Waals surface area contributed by atoms with Gasteiger partial charge in [0.15, 0.2) is 0 Å². The second-order valence-electron chi connectivity index (χ2n) is 6.86. The molecule has 1 heterocycles. The van der Waals surface area contributed by atoms with Gasteiger partial charge in [-0.2, -0.15) is 0 Å². The van der Waals surface area contributed by atoms with Crippen LogP contribution in [0.3, 0.4) is 0 Å². The predicted octanol–water partition coefficient (Wildman–Crippen LogP) is 5.74. The molecule has 0 radical (unpaired) electrons. The molecule has 3 rings (SSSR count). The molecule has 0 atom stereocenters. The van der Waals surface area contributed by atoms with Crippen molar-refractivity contribution in [3.63, 3.8) is 0 Å². The number of hydrogen-bond donors (Lipinski definition) is 0. The maximum Gasteiger partial charge on any atom is 0.204 e. The van der Waals surface area contributed by atoms with E-state index < -0.39 is 0 Å². The first-order valence-electron chi connectivity index (χ1n) is 8.00. The zero-order valence-corrected chi connectivity index (χ0v) is 14.5. The Morgan fingerprint density at radius 2 is 1.48 bits per heavy atom. The SMILES string of the molecule is Cc1ccc(C2=CC(C)(C)C(=Nc3c(C)cccc3C)O2)cc1. The molecule has 0 unspecified atom stereocenters. The molecule has 0 aromatic heterocycles. The van der Waals surface area contributed by atoms with Gasteiger partial charge in [0.2, 0.25) is 5.90 Å². The van der Waals surface area contributed by atoms with Gasteiger partial charge < -0.3 is 4.74 Å². The lowest BCUT2D eigenvalue weighted by Crippen LogP contribution is -2.18. The summed E-state index contributed by atoms with van der Waals surface area (Å²) in [6, 6.07) is 14.6. The van der Waals surface area contributed by atoms with Gasteiger partial charge in [0.25, 0.3) is 0 Å². The van der Waals surface area contributed by atoms with Crippen LogP contribution in [0.5, 0.6) is 0 Å². The van der Waals surface area contributed by atoms with Crippen LogP contribution in [0.2, 0.25) is 0 Å². The van der Waals surface area contributed by atoms with Crippen molar-refractivity contribution < 1.29 is 4.74 Å². The normalized spacial score (nSPS) is 18.0. The van der Waals surface area contributed by atoms with E-state index in [0.717, 1.165) is 22.9 Å². The van der Waals surface area contributed by atoms with Crippen molar-refractivity contribution in [2.45, 2.75) is 34.6 Å². The van der Waals surface area contributed by atoms with Gasteiger partial charge >= 0.3 is 0 Å². The summed E-state index contributed by atoms with van der Waals surface area (Å²) >= 11 is 0. The molecule has 118 valence electrons. The summed E-state index contributed by atoms with van der Waals surface area (Å²) in [4.78, 5) is 4.85. The van der Waals surface area contributed by atoms with Gasteiger partial charge in [-0.1, -0.05) is 48.0 Å². The van der Waals surface area contributed by atoms with E-state index in [1.807, 2.05) is 0 Å². The van der Waals surface area contributed by atoms with Crippen LogP contribution in [-0.4, -0.2) is 5.90 Å². The summed E-state index contributed by atoms with van der Waals surface area (Å²) in [5.41, 5.74) is 5.47. The summed E-state index contributed by atoms with van der Waals surface area (Å²) < 4.78 is 6.13. The molecule has 0 N–H and O–H groups in total. The van der Waals surface area contributed by atoms with Crippen LogP contribution in [0.25, 0.3) is 5.76 Å². The molecular weight excluding hydrogens is 282 g/mol. The lowest BCUT2D eigenvalue weighted by molar-refractivity contribution is 0.473. The van der Waals surface area contributed by atoms with Gasteiger partial charge in [-0.25, -0.2) is 4.99 Å². The first-order valence-corrected chi connectivity index (χ1v) is 8.00. The molecular formula is C21H23NO. The van der Waals surface area contributed by atoms with Crippen molar-refractivity contribution >= 4 is 17.3 Å². The number of benzene rings is 2. The van der Waals surface area contributed by atoms with E-state index in [0.29, 0.717) is 0 Å². The summed E-state index contributed by atoms with van der Waals surface area (Å²) in [7, 11) is 0. The fourth-order valence-corrected chi connectivity index (χ4v) is 2.77. The third kappa shape index (κ3) is 3.07. The van der Waals surface area contributed by atoms with E-state index in [9.17, 15) is 0 Å². The number of nitrogens with zero attached hydrogens (tertiary/aromatic N) is 1. The first kappa shape index (κ1) is 15.5. The Balaban J connectivity index is 1.98. The van der Waals surface area contributed by atoms with Gasteiger partial charge in [-0.05, 0) is 51.8 Å². The lowest BCUT2D eigenvalue weighted by Gasteiger charge is -2.15. The van der Waals surface area contributed by atoms with E-state index in [1.165, 1.54) is 16.7 Å². The fourth-order valence-electron chi connectivity index (χ4n) is 2.77. The van der Waals surface area contributed by atoms with Crippen molar-refractivity contribution in [1.82, 2.24) is 0 Å². The summed E-state index contributed by atoms with van der Waals surface area (Å²) in [6.45, 7) is 10.5. The molecule has 2 heteroatoms. The number of aryl methyl sites for hydroxylation is 3. The molecule has 2 nitrogen and oxygen atoms in total. The highest BCUT2D eigenvalue weighted by molar-refractivity contribution is 5.96. The van der Waals surface area contributed by atoms with Crippen LogP contribution >= 0.6 is 0 Å². The summed E-state index contributed by atoms with van der Waals surface area (Å²) in [5, 5.41) is 0. The van der Waals surface area contributed by atoms with Crippen LogP contribution in [0, 0.1) is 26.2 Å². The second-order valence-corrected chi connectivity index (χ2v) is 6.86. The molecule has 0 saturated carbocycles. The highest BCUT2D eigenvalue weighted by atomic mass is 16.5. The number of aliphatic imine (C=N–C) groups is 1. The summed E-state index contributed by atoms with van der Waals surface area (Å²) in [5.74, 6) is 1.64. The molecule has 1 aliphatic heterocycles. The number of ether oxygens (including phenoxy) is 1. The van der Waals surface area contributed by atoms with E-state index in [-0.39, 0.29) is 5.41 Å². The zero-order chi connectivity index (χ0) is 16.6. The molecule has 0 aliphatic carbocycles. The van der Waals surface area contributed by atoms with Gasteiger partial charge in [0, 0.05) is 5.56 Å². The Morgan fingerprint density at radius 1 is 0.870 bits per heavy atom. The molecule has 23 heavy (non-hydrogen) atoms. The average Bonchev–Trinajstić information content (AvgIpc) is 2.79. The molecule has 0 bridgehead atoms. The van der Waals surface area contributed by atoms with Crippen LogP contribution in [-0.2, 0) is 4.74 Å². The van der Waals surface area contributed by atoms with Crippen molar-refractivity contribution in [3.05, 3.63) is 70.8 Å². The molecule has 0 saturated heterocycles. The largest absolute Gasteiger partial charge is 0.442 e. The fraction of sp³-hybridized carbons (Fsp3) is 0.286. The monoisotopic (exact) mass is 305 g/mol. The summed E-state index contributed by atoms with van der Waals surface area (Å²) in [6.07, 6.45) is 2.16. The quantitative estimate of drug-likeness (QED) is 0.693. The molecule has 1 aliphatic rings. The maximum atomic E-state index is 6.13. The Hall–Kier alpha value is -2.35. The number of rotatable bonds is 2. The van der Waals surface area contributed by atoms with Gasteiger partial charge in [-0.3, -0.25) is 0 Å². The van der Waals surface area contributed by atoms with E-state index in [1.54, 1.807) is 0 Å². The van der Waals surface area contributed by atoms with Crippen molar-refractivity contribution in [3.8, 4) is 0 Å². The Bertz CT molecular complexity index is 775. The average molecular weight is 305 g/mol. The number of hydrogen-bond acceptors (Lipinski definition) is 2. The second kappa shape index (κ2) is 5.69. The molecule has 2 aromatic rings. The number of para-hydroxylation sites is 1.